The van der Waals surface area contributed by atoms with Gasteiger partial charge in [0.05, 0.1) is 6.42 Å². The first-order chi connectivity index (χ1) is 12.7. The fraction of sp³-hybridized carbons (Fsp3) is 0.300. The molecule has 2 aromatic rings. The lowest BCUT2D eigenvalue weighted by Gasteiger charge is -2.22. The van der Waals surface area contributed by atoms with Crippen molar-refractivity contribution < 1.29 is 9.18 Å². The van der Waals surface area contributed by atoms with E-state index in [4.69, 9.17) is 0 Å². The van der Waals surface area contributed by atoms with Gasteiger partial charge in [-0.25, -0.2) is 4.39 Å². The van der Waals surface area contributed by atoms with E-state index in [9.17, 15) is 9.18 Å². The minimum absolute atomic E-state index is 0. The SMILES string of the molecule is CN=C(NCCNC(=O)Cc1ccc(F)cc1)N1CCc2ccccc21.I. The lowest BCUT2D eigenvalue weighted by Crippen LogP contribution is -2.43. The van der Waals surface area contributed by atoms with Gasteiger partial charge in [-0.1, -0.05) is 30.3 Å². The van der Waals surface area contributed by atoms with Crippen molar-refractivity contribution in [2.75, 3.05) is 31.6 Å². The van der Waals surface area contributed by atoms with Crippen LogP contribution in [0.1, 0.15) is 11.1 Å². The van der Waals surface area contributed by atoms with Gasteiger partial charge in [0.2, 0.25) is 5.91 Å². The maximum Gasteiger partial charge on any atom is 0.224 e. The number of benzene rings is 2. The zero-order chi connectivity index (χ0) is 18.4. The van der Waals surface area contributed by atoms with Gasteiger partial charge >= 0.3 is 0 Å². The molecule has 0 aliphatic carbocycles. The van der Waals surface area contributed by atoms with Crippen molar-refractivity contribution in [3.05, 3.63) is 65.5 Å². The molecule has 1 aliphatic heterocycles. The molecule has 0 bridgehead atoms. The second kappa shape index (κ2) is 10.2. The first-order valence-electron chi connectivity index (χ1n) is 8.74. The first-order valence-corrected chi connectivity index (χ1v) is 8.74. The van der Waals surface area contributed by atoms with Crippen molar-refractivity contribution in [1.82, 2.24) is 10.6 Å². The summed E-state index contributed by atoms with van der Waals surface area (Å²) in [6.45, 7) is 1.98. The van der Waals surface area contributed by atoms with Gasteiger partial charge in [-0.15, -0.1) is 24.0 Å². The highest BCUT2D eigenvalue weighted by Crippen LogP contribution is 2.27. The number of carbonyl (C=O) groups is 1. The lowest BCUT2D eigenvalue weighted by molar-refractivity contribution is -0.120. The number of hydrogen-bond donors (Lipinski definition) is 2. The van der Waals surface area contributed by atoms with Crippen molar-refractivity contribution in [1.29, 1.82) is 0 Å². The summed E-state index contributed by atoms with van der Waals surface area (Å²) in [6.07, 6.45) is 1.25. The average molecular weight is 482 g/mol. The largest absolute Gasteiger partial charge is 0.354 e. The molecule has 144 valence electrons. The number of carbonyl (C=O) groups excluding carboxylic acids is 1. The Balaban J connectivity index is 0.00000261. The van der Waals surface area contributed by atoms with E-state index in [2.05, 4.69) is 38.7 Å². The highest BCUT2D eigenvalue weighted by Gasteiger charge is 2.22. The maximum atomic E-state index is 12.9. The fourth-order valence-corrected chi connectivity index (χ4v) is 3.08. The molecule has 5 nitrogen and oxygen atoms in total. The van der Waals surface area contributed by atoms with Crippen LogP contribution in [-0.2, 0) is 17.6 Å². The van der Waals surface area contributed by atoms with Crippen molar-refractivity contribution in [3.8, 4) is 0 Å². The number of nitrogens with one attached hydrogen (secondary N) is 2. The third-order valence-electron chi connectivity index (χ3n) is 4.36. The number of hydrogen-bond acceptors (Lipinski definition) is 2. The maximum absolute atomic E-state index is 12.9. The number of nitrogens with zero attached hydrogens (tertiary/aromatic N) is 2. The predicted octanol–water partition coefficient (Wildman–Crippen LogP) is 2.74. The number of guanidine groups is 1. The quantitative estimate of drug-likeness (QED) is 0.298. The van der Waals surface area contributed by atoms with Crippen LogP contribution in [-0.4, -0.2) is 38.5 Å². The fourth-order valence-electron chi connectivity index (χ4n) is 3.08. The number of anilines is 1. The van der Waals surface area contributed by atoms with Crippen LogP contribution in [0.25, 0.3) is 0 Å². The average Bonchev–Trinajstić information content (AvgIpc) is 3.08. The van der Waals surface area contributed by atoms with E-state index in [1.807, 2.05) is 6.07 Å². The van der Waals surface area contributed by atoms with Gasteiger partial charge in [-0.2, -0.15) is 0 Å². The summed E-state index contributed by atoms with van der Waals surface area (Å²) in [4.78, 5) is 18.5. The Labute approximate surface area is 176 Å². The summed E-state index contributed by atoms with van der Waals surface area (Å²) in [5.74, 6) is 0.427. The molecule has 0 fully saturated rings. The predicted molar refractivity (Wildman–Crippen MR) is 117 cm³/mol. The van der Waals surface area contributed by atoms with E-state index >= 15 is 0 Å². The minimum atomic E-state index is -0.298. The molecule has 1 aliphatic rings. The monoisotopic (exact) mass is 482 g/mol. The molecule has 0 atom stereocenters. The first kappa shape index (κ1) is 21.1. The summed E-state index contributed by atoms with van der Waals surface area (Å²) < 4.78 is 12.9. The van der Waals surface area contributed by atoms with Gasteiger partial charge in [0.15, 0.2) is 5.96 Å². The summed E-state index contributed by atoms with van der Waals surface area (Å²) in [7, 11) is 1.76. The van der Waals surface area contributed by atoms with E-state index in [0.29, 0.717) is 13.1 Å². The van der Waals surface area contributed by atoms with Crippen LogP contribution >= 0.6 is 24.0 Å². The van der Waals surface area contributed by atoms with Gasteiger partial charge in [0, 0.05) is 32.4 Å². The zero-order valence-electron chi connectivity index (χ0n) is 15.2. The summed E-state index contributed by atoms with van der Waals surface area (Å²) in [6, 6.07) is 14.3. The summed E-state index contributed by atoms with van der Waals surface area (Å²) in [5, 5.41) is 6.16. The summed E-state index contributed by atoms with van der Waals surface area (Å²) in [5.41, 5.74) is 3.30. The zero-order valence-corrected chi connectivity index (χ0v) is 17.6. The number of amides is 1. The highest BCUT2D eigenvalue weighted by molar-refractivity contribution is 14.0. The Bertz CT molecular complexity index is 795. The molecule has 1 amide bonds. The number of fused-ring (bicyclic) bond motifs is 1. The molecular weight excluding hydrogens is 458 g/mol. The molecule has 27 heavy (non-hydrogen) atoms. The molecule has 0 aromatic heterocycles. The van der Waals surface area contributed by atoms with Crippen molar-refractivity contribution in [3.63, 3.8) is 0 Å². The lowest BCUT2D eigenvalue weighted by atomic mass is 10.1. The van der Waals surface area contributed by atoms with E-state index < -0.39 is 0 Å². The molecule has 1 heterocycles. The van der Waals surface area contributed by atoms with E-state index in [1.54, 1.807) is 19.2 Å². The van der Waals surface area contributed by atoms with Crippen LogP contribution in [0, 0.1) is 5.82 Å². The highest BCUT2D eigenvalue weighted by atomic mass is 127. The van der Waals surface area contributed by atoms with Crippen LogP contribution in [0.3, 0.4) is 0 Å². The third kappa shape index (κ3) is 5.66. The Kier molecular flexibility index (Phi) is 8.02. The number of rotatable bonds is 5. The van der Waals surface area contributed by atoms with Gasteiger partial charge in [-0.3, -0.25) is 9.79 Å². The Morgan fingerprint density at radius 1 is 1.11 bits per heavy atom. The standard InChI is InChI=1S/C20H23FN4O.HI/c1-22-20(25-13-10-16-4-2-3-5-18(16)25)24-12-11-23-19(26)14-15-6-8-17(21)9-7-15;/h2-9H,10-14H2,1H3,(H,22,24)(H,23,26);1H. The number of para-hydroxylation sites is 1. The van der Waals surface area contributed by atoms with Crippen LogP contribution in [0.4, 0.5) is 10.1 Å². The molecule has 0 spiro atoms. The van der Waals surface area contributed by atoms with Crippen molar-refractivity contribution in [2.24, 2.45) is 4.99 Å². The van der Waals surface area contributed by atoms with Crippen molar-refractivity contribution in [2.45, 2.75) is 12.8 Å². The minimum Gasteiger partial charge on any atom is -0.354 e. The molecule has 2 N–H and O–H groups in total. The molecule has 0 saturated carbocycles. The van der Waals surface area contributed by atoms with E-state index in [-0.39, 0.29) is 42.1 Å². The van der Waals surface area contributed by atoms with E-state index in [1.165, 1.54) is 23.4 Å². The Morgan fingerprint density at radius 2 is 1.81 bits per heavy atom. The number of aliphatic imine (C=N–C) groups is 1. The van der Waals surface area contributed by atoms with Crippen molar-refractivity contribution >= 4 is 41.5 Å². The van der Waals surface area contributed by atoms with Gasteiger partial charge in [0.1, 0.15) is 5.82 Å². The molecule has 2 aromatic carbocycles. The van der Waals surface area contributed by atoms with Gasteiger partial charge in [0.25, 0.3) is 0 Å². The van der Waals surface area contributed by atoms with Crippen LogP contribution in [0.5, 0.6) is 0 Å². The van der Waals surface area contributed by atoms with Gasteiger partial charge in [-0.05, 0) is 35.7 Å². The Hall–Kier alpha value is -2.16. The molecule has 7 heteroatoms. The molecule has 3 rings (SSSR count). The topological polar surface area (TPSA) is 56.7 Å². The molecule has 0 unspecified atom stereocenters. The van der Waals surface area contributed by atoms with E-state index in [0.717, 1.165) is 24.5 Å². The van der Waals surface area contributed by atoms with Gasteiger partial charge < -0.3 is 15.5 Å². The molecule has 0 radical (unpaired) electrons. The van der Waals surface area contributed by atoms with Crippen LogP contribution in [0.2, 0.25) is 0 Å². The second-order valence-electron chi connectivity index (χ2n) is 6.16. The van der Waals surface area contributed by atoms with Crippen LogP contribution < -0.4 is 15.5 Å². The number of halogens is 2. The summed E-state index contributed by atoms with van der Waals surface area (Å²) >= 11 is 0. The molecular formula is C20H24FIN4O. The smallest absolute Gasteiger partial charge is 0.224 e. The normalized spacial score (nSPS) is 13.0. The third-order valence-corrected chi connectivity index (χ3v) is 4.36. The molecule has 0 saturated heterocycles. The Morgan fingerprint density at radius 3 is 2.56 bits per heavy atom. The second-order valence-corrected chi connectivity index (χ2v) is 6.16. The van der Waals surface area contributed by atoms with Crippen LogP contribution in [0.15, 0.2) is 53.5 Å².